The highest BCUT2D eigenvalue weighted by atomic mass is 35.5. The molecular formula is C26H40ClN4O2S+. The van der Waals surface area contributed by atoms with Crippen LogP contribution in [0.5, 0.6) is 0 Å². The molecule has 0 bridgehead atoms. The number of hydrogen-bond acceptors (Lipinski definition) is 3. The number of nitrogens with zero attached hydrogens (tertiary/aromatic N) is 1. The zero-order valence-electron chi connectivity index (χ0n) is 21.2. The van der Waals surface area contributed by atoms with Crippen molar-refractivity contribution in [2.45, 2.75) is 66.3 Å². The third kappa shape index (κ3) is 7.20. The Morgan fingerprint density at radius 1 is 1.09 bits per heavy atom. The molecule has 4 N–H and O–H groups in total. The molecule has 8 heteroatoms. The number of rotatable bonds is 5. The van der Waals surface area contributed by atoms with Crippen LogP contribution in [0.25, 0.3) is 0 Å². The standard InChI is InChI=1S/C22H27ClN4O2S.2C2H6/c1-27(12-14-4-2-3-5-14)11-10-17-18(13-27)30-21(19(17)20(24)28)26-22(29)25-16-8-6-15(23)7-9-16;2*1-2/h6-9,14H,2-5,10-13H2,1H3,(H3-,24,25,26,28,29);2*1-2H3/p+1. The minimum absolute atomic E-state index is 0.401. The van der Waals surface area contributed by atoms with Gasteiger partial charge in [-0.15, -0.1) is 11.3 Å². The van der Waals surface area contributed by atoms with Gasteiger partial charge in [0, 0.05) is 23.0 Å². The van der Waals surface area contributed by atoms with E-state index in [0.717, 1.165) is 40.4 Å². The zero-order valence-corrected chi connectivity index (χ0v) is 22.7. The lowest BCUT2D eigenvalue weighted by atomic mass is 9.98. The summed E-state index contributed by atoms with van der Waals surface area (Å²) in [5, 5.41) is 6.75. The number of nitrogens with one attached hydrogen (secondary N) is 2. The molecule has 34 heavy (non-hydrogen) atoms. The molecule has 4 rings (SSSR count). The Kier molecular flexibility index (Phi) is 10.9. The van der Waals surface area contributed by atoms with E-state index < -0.39 is 11.9 Å². The van der Waals surface area contributed by atoms with E-state index in [0.29, 0.717) is 21.3 Å². The number of anilines is 2. The van der Waals surface area contributed by atoms with Crippen molar-refractivity contribution in [2.75, 3.05) is 30.8 Å². The van der Waals surface area contributed by atoms with Crippen molar-refractivity contribution in [1.82, 2.24) is 0 Å². The van der Waals surface area contributed by atoms with E-state index in [-0.39, 0.29) is 0 Å². The van der Waals surface area contributed by atoms with Crippen molar-refractivity contribution in [1.29, 1.82) is 0 Å². The summed E-state index contributed by atoms with van der Waals surface area (Å²) >= 11 is 7.37. The highest BCUT2D eigenvalue weighted by Gasteiger charge is 2.36. The van der Waals surface area contributed by atoms with Gasteiger partial charge >= 0.3 is 6.03 Å². The summed E-state index contributed by atoms with van der Waals surface area (Å²) in [5.74, 6) is 0.316. The number of carbonyl (C=O) groups excluding carboxylic acids is 2. The van der Waals surface area contributed by atoms with Crippen molar-refractivity contribution >= 4 is 45.6 Å². The number of likely N-dealkylation sites (N-methyl/N-ethyl adjacent to an activating group) is 1. The maximum absolute atomic E-state index is 12.5. The number of carbonyl (C=O) groups is 2. The fraction of sp³-hybridized carbons (Fsp3) is 0.538. The molecule has 1 unspecified atom stereocenters. The third-order valence-electron chi connectivity index (χ3n) is 6.27. The number of urea groups is 1. The molecule has 1 saturated carbocycles. The molecule has 188 valence electrons. The highest BCUT2D eigenvalue weighted by Crippen LogP contribution is 2.40. The number of primary amides is 1. The molecular weight excluding hydrogens is 468 g/mol. The number of quaternary nitrogens is 1. The molecule has 2 heterocycles. The van der Waals surface area contributed by atoms with E-state index in [9.17, 15) is 9.59 Å². The van der Waals surface area contributed by atoms with Crippen LogP contribution in [0.3, 0.4) is 0 Å². The van der Waals surface area contributed by atoms with Gasteiger partial charge in [0.25, 0.3) is 5.91 Å². The normalized spacial score (nSPS) is 19.1. The van der Waals surface area contributed by atoms with Gasteiger partial charge in [-0.3, -0.25) is 10.1 Å². The van der Waals surface area contributed by atoms with E-state index in [1.165, 1.54) is 43.6 Å². The lowest BCUT2D eigenvalue weighted by Gasteiger charge is -2.39. The van der Waals surface area contributed by atoms with Crippen LogP contribution in [0.2, 0.25) is 5.02 Å². The van der Waals surface area contributed by atoms with Gasteiger partial charge in [-0.25, -0.2) is 4.79 Å². The van der Waals surface area contributed by atoms with E-state index in [4.69, 9.17) is 17.3 Å². The number of thiophene rings is 1. The average Bonchev–Trinajstić information content (AvgIpc) is 3.44. The molecule has 0 saturated heterocycles. The summed E-state index contributed by atoms with van der Waals surface area (Å²) in [5.41, 5.74) is 7.81. The van der Waals surface area contributed by atoms with Crippen molar-refractivity contribution in [2.24, 2.45) is 11.7 Å². The predicted octanol–water partition coefficient (Wildman–Crippen LogP) is 6.89. The Hall–Kier alpha value is -2.09. The maximum Gasteiger partial charge on any atom is 0.324 e. The van der Waals surface area contributed by atoms with Crippen molar-refractivity contribution in [3.8, 4) is 0 Å². The third-order valence-corrected chi connectivity index (χ3v) is 7.65. The molecule has 1 aromatic heterocycles. The Bertz CT molecular complexity index is 954. The van der Waals surface area contributed by atoms with Crippen LogP contribution < -0.4 is 16.4 Å². The Balaban J connectivity index is 0.000000970. The minimum Gasteiger partial charge on any atom is -0.365 e. The second-order valence-corrected chi connectivity index (χ2v) is 10.3. The zero-order chi connectivity index (χ0) is 25.3. The topological polar surface area (TPSA) is 84.2 Å². The smallest absolute Gasteiger partial charge is 0.324 e. The molecule has 1 fully saturated rings. The van der Waals surface area contributed by atoms with Crippen LogP contribution in [0.4, 0.5) is 15.5 Å². The van der Waals surface area contributed by atoms with Crippen LogP contribution >= 0.6 is 22.9 Å². The van der Waals surface area contributed by atoms with Crippen LogP contribution in [0, 0.1) is 5.92 Å². The second-order valence-electron chi connectivity index (χ2n) is 8.74. The maximum atomic E-state index is 12.5. The molecule has 3 amide bonds. The van der Waals surface area contributed by atoms with Crippen LogP contribution in [-0.2, 0) is 13.0 Å². The molecule has 1 aliphatic heterocycles. The summed E-state index contributed by atoms with van der Waals surface area (Å²) in [7, 11) is 2.31. The second kappa shape index (κ2) is 13.1. The number of nitrogens with two attached hydrogens (primary N) is 1. The van der Waals surface area contributed by atoms with Crippen LogP contribution in [-0.4, -0.2) is 36.6 Å². The number of benzene rings is 1. The average molecular weight is 508 g/mol. The SMILES string of the molecule is CC.CC.C[N+]1(CC2CCCC2)CCc2c(sc(NC(=O)Nc3ccc(Cl)cc3)c2C(N)=O)C1. The monoisotopic (exact) mass is 507 g/mol. The Morgan fingerprint density at radius 2 is 1.71 bits per heavy atom. The van der Waals surface area contributed by atoms with Crippen molar-refractivity contribution in [3.05, 3.63) is 45.3 Å². The van der Waals surface area contributed by atoms with Crippen LogP contribution in [0.1, 0.15) is 74.2 Å². The van der Waals surface area contributed by atoms with Gasteiger partial charge < -0.3 is 15.5 Å². The lowest BCUT2D eigenvalue weighted by molar-refractivity contribution is -0.927. The molecule has 6 nitrogen and oxygen atoms in total. The number of amides is 3. The van der Waals surface area contributed by atoms with Gasteiger partial charge in [-0.1, -0.05) is 52.1 Å². The van der Waals surface area contributed by atoms with Gasteiger partial charge in [-0.05, 0) is 42.7 Å². The summed E-state index contributed by atoms with van der Waals surface area (Å²) in [6.07, 6.45) is 6.16. The molecule has 2 aromatic rings. The fourth-order valence-corrected chi connectivity index (χ4v) is 6.38. The number of hydrogen-bond donors (Lipinski definition) is 3. The highest BCUT2D eigenvalue weighted by molar-refractivity contribution is 7.17. The first-order valence-corrected chi connectivity index (χ1v) is 13.6. The first-order chi connectivity index (χ1) is 16.3. The molecule has 0 spiro atoms. The summed E-state index contributed by atoms with van der Waals surface area (Å²) in [4.78, 5) is 25.9. The summed E-state index contributed by atoms with van der Waals surface area (Å²) in [6.45, 7) is 11.1. The Morgan fingerprint density at radius 3 is 2.29 bits per heavy atom. The summed E-state index contributed by atoms with van der Waals surface area (Å²) < 4.78 is 0.993. The van der Waals surface area contributed by atoms with Gasteiger partial charge in [0.2, 0.25) is 0 Å². The summed E-state index contributed by atoms with van der Waals surface area (Å²) in [6, 6.07) is 6.46. The number of halogens is 1. The minimum atomic E-state index is -0.485. The van der Waals surface area contributed by atoms with Crippen LogP contribution in [0.15, 0.2) is 24.3 Å². The largest absolute Gasteiger partial charge is 0.365 e. The van der Waals surface area contributed by atoms with Gasteiger partial charge in [0.1, 0.15) is 11.5 Å². The first kappa shape index (κ1) is 28.1. The quantitative estimate of drug-likeness (QED) is 0.385. The molecule has 1 atom stereocenters. The van der Waals surface area contributed by atoms with Crippen molar-refractivity contribution in [3.63, 3.8) is 0 Å². The van der Waals surface area contributed by atoms with Crippen molar-refractivity contribution < 1.29 is 14.1 Å². The molecule has 2 aliphatic rings. The van der Waals surface area contributed by atoms with Gasteiger partial charge in [0.15, 0.2) is 0 Å². The lowest BCUT2D eigenvalue weighted by Crippen LogP contribution is -2.49. The Labute approximate surface area is 213 Å². The van der Waals surface area contributed by atoms with Gasteiger partial charge in [0.05, 0.1) is 30.6 Å². The van der Waals surface area contributed by atoms with E-state index in [2.05, 4.69) is 17.7 Å². The van der Waals surface area contributed by atoms with Gasteiger partial charge in [-0.2, -0.15) is 0 Å². The van der Waals surface area contributed by atoms with E-state index >= 15 is 0 Å². The predicted molar refractivity (Wildman–Crippen MR) is 145 cm³/mol. The molecule has 1 aliphatic carbocycles. The van der Waals surface area contributed by atoms with E-state index in [1.807, 2.05) is 27.7 Å². The van der Waals surface area contributed by atoms with E-state index in [1.54, 1.807) is 24.3 Å². The molecule has 0 radical (unpaired) electrons. The molecule has 1 aromatic carbocycles. The fourth-order valence-electron chi connectivity index (χ4n) is 4.83. The number of fused-ring (bicyclic) bond motifs is 1. The first-order valence-electron chi connectivity index (χ1n) is 12.4.